The lowest BCUT2D eigenvalue weighted by Gasteiger charge is -1.88. The molecule has 0 aliphatic rings. The number of benzene rings is 1. The molecule has 0 heterocycles. The van der Waals surface area contributed by atoms with Crippen LogP contribution in [-0.4, -0.2) is 6.66 Å². The Balaban J connectivity index is 2.67. The highest BCUT2D eigenvalue weighted by Gasteiger charge is 2.00. The molecule has 0 aromatic heterocycles. The Kier molecular flexibility index (Phi) is 2.98. The normalized spacial score (nSPS) is 11.1. The first kappa shape index (κ1) is 7.84. The molecule has 0 N–H and O–H groups in total. The van der Waals surface area contributed by atoms with Crippen molar-refractivity contribution in [3.8, 4) is 0 Å². The smallest absolute Gasteiger partial charge is 0.0622 e. The highest BCUT2D eigenvalue weighted by molar-refractivity contribution is 8.04. The van der Waals surface area contributed by atoms with Crippen LogP contribution in [0.4, 0.5) is 0 Å². The van der Waals surface area contributed by atoms with Crippen LogP contribution in [0.1, 0.15) is 5.56 Å². The minimum absolute atomic E-state index is 0.193. The first-order valence-electron chi connectivity index (χ1n) is 3.21. The average molecular weight is 169 g/mol. The van der Waals surface area contributed by atoms with Crippen LogP contribution in [0.2, 0.25) is 0 Å². The molecule has 0 saturated carbocycles. The van der Waals surface area contributed by atoms with Crippen molar-refractivity contribution in [2.45, 2.75) is 6.16 Å². The summed E-state index contributed by atoms with van der Waals surface area (Å²) in [6.45, 7) is 1.93. The summed E-state index contributed by atoms with van der Waals surface area (Å²) in [6, 6.07) is 10.4. The molecule has 1 aromatic carbocycles. The molecule has 0 fully saturated rings. The van der Waals surface area contributed by atoms with E-state index in [2.05, 4.69) is 30.9 Å². The lowest BCUT2D eigenvalue weighted by atomic mass is 10.2. The van der Waals surface area contributed by atoms with Crippen molar-refractivity contribution >= 4 is 18.5 Å². The summed E-state index contributed by atoms with van der Waals surface area (Å²) in [6.07, 6.45) is 1.07. The summed E-state index contributed by atoms with van der Waals surface area (Å²) < 4.78 is 0. The van der Waals surface area contributed by atoms with Crippen molar-refractivity contribution < 1.29 is 0 Å². The zero-order valence-electron chi connectivity index (χ0n) is 5.95. The highest BCUT2D eigenvalue weighted by atomic mass is 32.4. The van der Waals surface area contributed by atoms with E-state index < -0.39 is 0 Å². The zero-order chi connectivity index (χ0) is 7.40. The van der Waals surface area contributed by atoms with Gasteiger partial charge in [0.2, 0.25) is 0 Å². The van der Waals surface area contributed by atoms with E-state index in [9.17, 15) is 0 Å². The van der Waals surface area contributed by atoms with Crippen LogP contribution in [0.3, 0.4) is 0 Å². The van der Waals surface area contributed by atoms with Crippen LogP contribution in [-0.2, 0) is 18.0 Å². The van der Waals surface area contributed by atoms with Gasteiger partial charge < -0.3 is 0 Å². The molecule has 0 radical (unpaired) electrons. The molecule has 52 valence electrons. The van der Waals surface area contributed by atoms with Gasteiger partial charge in [0.25, 0.3) is 0 Å². The predicted molar refractivity (Wildman–Crippen MR) is 50.4 cm³/mol. The largest absolute Gasteiger partial charge is 0.176 e. The fourth-order valence-corrected chi connectivity index (χ4v) is 2.01. The zero-order valence-corrected chi connectivity index (χ0v) is 7.66. The molecule has 1 unspecified atom stereocenters. The molecular weight excluding hydrogens is 159 g/mol. The van der Waals surface area contributed by atoms with Crippen LogP contribution in [0.5, 0.6) is 0 Å². The molecule has 0 nitrogen and oxygen atoms in total. The van der Waals surface area contributed by atoms with Gasteiger partial charge in [-0.2, -0.15) is 0 Å². The lowest BCUT2D eigenvalue weighted by Crippen LogP contribution is -1.75. The van der Waals surface area contributed by atoms with Gasteiger partial charge in [-0.05, 0) is 5.56 Å². The molecule has 0 aliphatic heterocycles. The van der Waals surface area contributed by atoms with Crippen molar-refractivity contribution in [2.24, 2.45) is 0 Å². The molecule has 10 heavy (non-hydrogen) atoms. The Hall–Kier alpha value is -0.260. The summed E-state index contributed by atoms with van der Waals surface area (Å²) >= 11 is 5.13. The Morgan fingerprint density at radius 1 is 1.30 bits per heavy atom. The maximum atomic E-state index is 5.13. The second-order valence-corrected chi connectivity index (χ2v) is 5.71. The van der Waals surface area contributed by atoms with Gasteiger partial charge in [-0.25, -0.2) is 0 Å². The van der Waals surface area contributed by atoms with Crippen LogP contribution in [0.25, 0.3) is 0 Å². The Morgan fingerprint density at radius 3 is 2.40 bits per heavy atom. The van der Waals surface area contributed by atoms with Crippen molar-refractivity contribution in [2.75, 3.05) is 6.66 Å². The lowest BCUT2D eigenvalue weighted by molar-refractivity contribution is 1.41. The fraction of sp³-hybridized carbons (Fsp3) is 0.250. The van der Waals surface area contributed by atoms with Gasteiger partial charge in [0.05, 0.1) is 0 Å². The molecule has 0 bridgehead atoms. The van der Waals surface area contributed by atoms with E-state index in [0.717, 1.165) is 6.16 Å². The number of hydrogen-bond donors (Lipinski definition) is 0. The summed E-state index contributed by atoms with van der Waals surface area (Å²) in [5, 5.41) is 0. The molecule has 1 atom stereocenters. The highest BCUT2D eigenvalue weighted by Crippen LogP contribution is 2.21. The minimum Gasteiger partial charge on any atom is -0.0622 e. The van der Waals surface area contributed by atoms with Gasteiger partial charge in [0.1, 0.15) is 12.8 Å². The molecule has 0 saturated heterocycles. The SMILES string of the molecule is C[P+](=S)Cc1ccccc1. The van der Waals surface area contributed by atoms with Crippen LogP contribution >= 0.6 is 6.70 Å². The molecule has 2 heteroatoms. The molecular formula is C8H10PS+. The minimum atomic E-state index is -0.193. The van der Waals surface area contributed by atoms with Crippen LogP contribution < -0.4 is 0 Å². The monoisotopic (exact) mass is 169 g/mol. The topological polar surface area (TPSA) is 0 Å². The van der Waals surface area contributed by atoms with Gasteiger partial charge in [-0.15, -0.1) is 0 Å². The quantitative estimate of drug-likeness (QED) is 0.613. The van der Waals surface area contributed by atoms with Crippen molar-refractivity contribution in [3.05, 3.63) is 35.9 Å². The second-order valence-electron chi connectivity index (χ2n) is 2.27. The third kappa shape index (κ3) is 2.55. The Bertz CT molecular complexity index is 218. The van der Waals surface area contributed by atoms with Gasteiger partial charge in [0, 0.05) is 0 Å². The standard InChI is InChI=1S/C8H10PS/c1-9(10)7-8-5-3-2-4-6-8/h2-6H,7H2,1H3/q+1. The van der Waals surface area contributed by atoms with E-state index in [1.54, 1.807) is 0 Å². The third-order valence-electron chi connectivity index (χ3n) is 1.25. The van der Waals surface area contributed by atoms with E-state index in [0.29, 0.717) is 0 Å². The predicted octanol–water partition coefficient (Wildman–Crippen LogP) is 2.76. The van der Waals surface area contributed by atoms with Gasteiger partial charge in [-0.1, -0.05) is 30.3 Å². The van der Waals surface area contributed by atoms with E-state index in [4.69, 9.17) is 11.8 Å². The summed E-state index contributed by atoms with van der Waals surface area (Å²) in [7, 11) is 0. The van der Waals surface area contributed by atoms with Crippen LogP contribution in [0, 0.1) is 0 Å². The van der Waals surface area contributed by atoms with Gasteiger partial charge in [0.15, 0.2) is 18.5 Å². The van der Waals surface area contributed by atoms with Gasteiger partial charge in [-0.3, -0.25) is 0 Å². The fourth-order valence-electron chi connectivity index (χ4n) is 0.841. The Labute approximate surface area is 67.7 Å². The van der Waals surface area contributed by atoms with E-state index in [1.807, 2.05) is 6.07 Å². The average Bonchev–Trinajstić information content (AvgIpc) is 1.88. The molecule has 1 rings (SSSR count). The molecule has 0 amide bonds. The summed E-state index contributed by atoms with van der Waals surface area (Å²) in [4.78, 5) is 0. The number of rotatable bonds is 2. The molecule has 0 aliphatic carbocycles. The van der Waals surface area contributed by atoms with Crippen molar-refractivity contribution in [1.82, 2.24) is 0 Å². The summed E-state index contributed by atoms with van der Waals surface area (Å²) in [5.41, 5.74) is 1.37. The summed E-state index contributed by atoms with van der Waals surface area (Å²) in [5.74, 6) is 0. The van der Waals surface area contributed by atoms with Gasteiger partial charge >= 0.3 is 0 Å². The first-order chi connectivity index (χ1) is 4.79. The second kappa shape index (κ2) is 3.80. The molecule has 0 spiro atoms. The number of hydrogen-bond acceptors (Lipinski definition) is 1. The van der Waals surface area contributed by atoms with E-state index >= 15 is 0 Å². The molecule has 1 aromatic rings. The maximum absolute atomic E-state index is 5.13. The van der Waals surface area contributed by atoms with Crippen molar-refractivity contribution in [3.63, 3.8) is 0 Å². The van der Waals surface area contributed by atoms with Crippen LogP contribution in [0.15, 0.2) is 30.3 Å². The van der Waals surface area contributed by atoms with E-state index in [1.165, 1.54) is 5.56 Å². The third-order valence-corrected chi connectivity index (χ3v) is 2.45. The van der Waals surface area contributed by atoms with E-state index in [-0.39, 0.29) is 6.70 Å². The van der Waals surface area contributed by atoms with Crippen molar-refractivity contribution in [1.29, 1.82) is 0 Å². The maximum Gasteiger partial charge on any atom is 0.176 e. The first-order valence-corrected chi connectivity index (χ1v) is 6.20. The Morgan fingerprint density at radius 2 is 1.90 bits per heavy atom.